The summed E-state index contributed by atoms with van der Waals surface area (Å²) in [4.78, 5) is 12.5. The molecule has 1 heterocycles. The lowest BCUT2D eigenvalue weighted by Gasteiger charge is -2.05. The van der Waals surface area contributed by atoms with E-state index in [9.17, 15) is 13.6 Å². The van der Waals surface area contributed by atoms with Gasteiger partial charge in [0.25, 0.3) is 5.76 Å². The Morgan fingerprint density at radius 1 is 1.17 bits per heavy atom. The predicted molar refractivity (Wildman–Crippen MR) is 114 cm³/mol. The van der Waals surface area contributed by atoms with Crippen molar-refractivity contribution >= 4 is 57.3 Å². The number of rotatable bonds is 9. The van der Waals surface area contributed by atoms with Crippen molar-refractivity contribution in [3.05, 3.63) is 48.5 Å². The summed E-state index contributed by atoms with van der Waals surface area (Å²) < 4.78 is 30.5. The number of halogens is 2. The summed E-state index contributed by atoms with van der Waals surface area (Å²) in [5.74, 6) is -1.81. The zero-order chi connectivity index (χ0) is 20.6. The number of aromatic nitrogens is 2. The van der Waals surface area contributed by atoms with Gasteiger partial charge in [0, 0.05) is 22.3 Å². The second-order valence-electron chi connectivity index (χ2n) is 5.47. The molecule has 0 fully saturated rings. The number of nitrogens with one attached hydrogen (secondary N) is 2. The minimum atomic E-state index is -2.47. The van der Waals surface area contributed by atoms with E-state index in [0.717, 1.165) is 11.4 Å². The van der Waals surface area contributed by atoms with E-state index < -0.39 is 5.76 Å². The van der Waals surface area contributed by atoms with Crippen LogP contribution in [0.3, 0.4) is 0 Å². The highest BCUT2D eigenvalue weighted by Gasteiger charge is 2.10. The molecule has 6 nitrogen and oxygen atoms in total. The van der Waals surface area contributed by atoms with E-state index in [4.69, 9.17) is 4.74 Å². The fourth-order valence-electron chi connectivity index (χ4n) is 2.19. The summed E-state index contributed by atoms with van der Waals surface area (Å²) in [6, 6.07) is 13.7. The van der Waals surface area contributed by atoms with Gasteiger partial charge in [0.05, 0.1) is 12.9 Å². The molecule has 3 rings (SSSR count). The zero-order valence-electron chi connectivity index (χ0n) is 15.1. The van der Waals surface area contributed by atoms with Gasteiger partial charge in [0.1, 0.15) is 5.75 Å². The molecule has 1 aromatic heterocycles. The number of alkyl halides is 2. The smallest absolute Gasteiger partial charge is 0.288 e. The molecule has 0 bridgehead atoms. The molecule has 152 valence electrons. The number of carbonyl (C=O) groups is 1. The van der Waals surface area contributed by atoms with E-state index in [1.54, 1.807) is 31.4 Å². The standard InChI is InChI=1S/C18H16F2N4O2S3/c1-26-13-4-2-3-12(9-13)22-17-23-24-18(29-17)27-10-15(25)21-11-5-7-14(8-6-11)28-16(19)20/h2-9,16H,10H2,1H3,(H,21,25)(H,22,23). The summed E-state index contributed by atoms with van der Waals surface area (Å²) in [6.45, 7) is 0. The third-order valence-electron chi connectivity index (χ3n) is 3.42. The average Bonchev–Trinajstić information content (AvgIpc) is 3.15. The molecule has 1 amide bonds. The van der Waals surface area contributed by atoms with E-state index in [-0.39, 0.29) is 11.7 Å². The van der Waals surface area contributed by atoms with Crippen molar-refractivity contribution in [2.45, 2.75) is 15.0 Å². The van der Waals surface area contributed by atoms with E-state index in [1.165, 1.54) is 23.1 Å². The molecular formula is C18H16F2N4O2S3. The maximum Gasteiger partial charge on any atom is 0.288 e. The van der Waals surface area contributed by atoms with Crippen LogP contribution in [0.2, 0.25) is 0 Å². The topological polar surface area (TPSA) is 76.1 Å². The summed E-state index contributed by atoms with van der Waals surface area (Å²) in [5, 5.41) is 14.6. The minimum absolute atomic E-state index is 0.154. The fourth-order valence-corrected chi connectivity index (χ4v) is 4.26. The summed E-state index contributed by atoms with van der Waals surface area (Å²) in [7, 11) is 1.60. The number of thioether (sulfide) groups is 2. The molecule has 0 saturated heterocycles. The number of nitrogens with zero attached hydrogens (tertiary/aromatic N) is 2. The largest absolute Gasteiger partial charge is 0.497 e. The van der Waals surface area contributed by atoms with Gasteiger partial charge in [-0.1, -0.05) is 40.9 Å². The van der Waals surface area contributed by atoms with Gasteiger partial charge in [-0.15, -0.1) is 10.2 Å². The number of hydrogen-bond donors (Lipinski definition) is 2. The lowest BCUT2D eigenvalue weighted by molar-refractivity contribution is -0.113. The molecule has 2 aromatic carbocycles. The van der Waals surface area contributed by atoms with Gasteiger partial charge < -0.3 is 15.4 Å². The van der Waals surface area contributed by atoms with Crippen molar-refractivity contribution in [3.63, 3.8) is 0 Å². The first-order chi connectivity index (χ1) is 14.0. The lowest BCUT2D eigenvalue weighted by Crippen LogP contribution is -2.13. The van der Waals surface area contributed by atoms with Crippen molar-refractivity contribution < 1.29 is 18.3 Å². The van der Waals surface area contributed by atoms with Crippen LogP contribution in [0.4, 0.5) is 25.3 Å². The van der Waals surface area contributed by atoms with Crippen LogP contribution in [-0.2, 0) is 4.79 Å². The average molecular weight is 455 g/mol. The number of anilines is 3. The van der Waals surface area contributed by atoms with Crippen LogP contribution in [0.25, 0.3) is 0 Å². The van der Waals surface area contributed by atoms with Crippen LogP contribution in [0.15, 0.2) is 57.8 Å². The van der Waals surface area contributed by atoms with Gasteiger partial charge in [-0.2, -0.15) is 8.78 Å². The Morgan fingerprint density at radius 2 is 1.97 bits per heavy atom. The maximum atomic E-state index is 12.3. The lowest BCUT2D eigenvalue weighted by atomic mass is 10.3. The van der Waals surface area contributed by atoms with Crippen molar-refractivity contribution in [2.24, 2.45) is 0 Å². The molecule has 0 saturated carbocycles. The van der Waals surface area contributed by atoms with Gasteiger partial charge >= 0.3 is 0 Å². The molecule has 2 N–H and O–H groups in total. The first kappa shape index (κ1) is 21.3. The highest BCUT2D eigenvalue weighted by molar-refractivity contribution is 8.01. The Morgan fingerprint density at radius 3 is 2.69 bits per heavy atom. The first-order valence-corrected chi connectivity index (χ1v) is 10.9. The highest BCUT2D eigenvalue weighted by Crippen LogP contribution is 2.29. The van der Waals surface area contributed by atoms with Crippen molar-refractivity contribution in [1.29, 1.82) is 0 Å². The van der Waals surface area contributed by atoms with Crippen LogP contribution in [0.1, 0.15) is 0 Å². The third kappa shape index (κ3) is 6.87. The Balaban J connectivity index is 1.48. The number of amides is 1. The number of ether oxygens (including phenoxy) is 1. The summed E-state index contributed by atoms with van der Waals surface area (Å²) in [5.41, 5.74) is 1.37. The van der Waals surface area contributed by atoms with E-state index in [1.807, 2.05) is 24.3 Å². The monoisotopic (exact) mass is 454 g/mol. The van der Waals surface area contributed by atoms with Gasteiger partial charge in [0.15, 0.2) is 4.34 Å². The van der Waals surface area contributed by atoms with Crippen LogP contribution in [0.5, 0.6) is 5.75 Å². The van der Waals surface area contributed by atoms with E-state index >= 15 is 0 Å². The third-order valence-corrected chi connectivity index (χ3v) is 6.11. The van der Waals surface area contributed by atoms with Crippen molar-refractivity contribution in [2.75, 3.05) is 23.5 Å². The minimum Gasteiger partial charge on any atom is -0.497 e. The molecule has 0 spiro atoms. The molecular weight excluding hydrogens is 438 g/mol. The van der Waals surface area contributed by atoms with Crippen LogP contribution >= 0.6 is 34.9 Å². The first-order valence-electron chi connectivity index (χ1n) is 8.24. The Hall–Kier alpha value is -2.37. The number of methoxy groups -OCH3 is 1. The normalized spacial score (nSPS) is 10.8. The molecule has 3 aromatic rings. The fraction of sp³-hybridized carbons (Fsp3) is 0.167. The molecule has 0 aliphatic rings. The molecule has 0 radical (unpaired) electrons. The second kappa shape index (κ2) is 10.4. The Bertz CT molecular complexity index is 954. The molecule has 11 heteroatoms. The SMILES string of the molecule is COc1cccc(Nc2nnc(SCC(=O)Nc3ccc(SC(F)F)cc3)s2)c1. The molecule has 0 aliphatic carbocycles. The second-order valence-corrected chi connectivity index (χ2v) is 8.73. The number of benzene rings is 2. The Kier molecular flexibility index (Phi) is 7.67. The Labute approximate surface area is 178 Å². The van der Waals surface area contributed by atoms with Gasteiger partial charge in [-0.3, -0.25) is 4.79 Å². The van der Waals surface area contributed by atoms with Gasteiger partial charge in [-0.25, -0.2) is 0 Å². The predicted octanol–water partition coefficient (Wildman–Crippen LogP) is 5.34. The molecule has 0 atom stereocenters. The summed E-state index contributed by atoms with van der Waals surface area (Å²) >= 11 is 3.06. The van der Waals surface area contributed by atoms with Crippen molar-refractivity contribution in [1.82, 2.24) is 10.2 Å². The van der Waals surface area contributed by atoms with Crippen LogP contribution in [0, 0.1) is 0 Å². The van der Waals surface area contributed by atoms with E-state index in [2.05, 4.69) is 20.8 Å². The number of hydrogen-bond acceptors (Lipinski definition) is 8. The zero-order valence-corrected chi connectivity index (χ0v) is 17.5. The van der Waals surface area contributed by atoms with Crippen LogP contribution in [-0.4, -0.2) is 34.7 Å². The molecule has 0 aliphatic heterocycles. The van der Waals surface area contributed by atoms with Crippen molar-refractivity contribution in [3.8, 4) is 5.75 Å². The number of carbonyl (C=O) groups excluding carboxylic acids is 1. The quantitative estimate of drug-likeness (QED) is 0.423. The van der Waals surface area contributed by atoms with Gasteiger partial charge in [0.2, 0.25) is 11.0 Å². The molecule has 0 unspecified atom stereocenters. The van der Waals surface area contributed by atoms with E-state index in [0.29, 0.717) is 31.8 Å². The highest BCUT2D eigenvalue weighted by atomic mass is 32.2. The summed E-state index contributed by atoms with van der Waals surface area (Å²) in [6.07, 6.45) is 0. The maximum absolute atomic E-state index is 12.3. The van der Waals surface area contributed by atoms with Gasteiger partial charge in [-0.05, 0) is 36.4 Å². The molecule has 29 heavy (non-hydrogen) atoms. The van der Waals surface area contributed by atoms with Crippen LogP contribution < -0.4 is 15.4 Å².